The van der Waals surface area contributed by atoms with E-state index in [0.717, 1.165) is 44.6 Å². The van der Waals surface area contributed by atoms with Gasteiger partial charge in [0.1, 0.15) is 22.8 Å². The van der Waals surface area contributed by atoms with Crippen LogP contribution in [0.2, 0.25) is 0 Å². The Morgan fingerprint density at radius 1 is 1.17 bits per heavy atom. The Morgan fingerprint density at radius 2 is 1.90 bits per heavy atom. The number of aliphatic hydroxyl groups is 1. The zero-order valence-corrected chi connectivity index (χ0v) is 25.5. The number of halogens is 2. The van der Waals surface area contributed by atoms with Gasteiger partial charge in [-0.2, -0.15) is 0 Å². The summed E-state index contributed by atoms with van der Waals surface area (Å²) in [7, 11) is 0. The van der Waals surface area contributed by atoms with Gasteiger partial charge in [0.15, 0.2) is 0 Å². The molecular formula is C33H47F2N3O4. The summed E-state index contributed by atoms with van der Waals surface area (Å²) in [5.41, 5.74) is 3.81. The van der Waals surface area contributed by atoms with E-state index in [4.69, 9.17) is 10.5 Å². The van der Waals surface area contributed by atoms with Gasteiger partial charge >= 0.3 is 0 Å². The van der Waals surface area contributed by atoms with E-state index in [1.165, 1.54) is 24.0 Å². The van der Waals surface area contributed by atoms with Crippen molar-refractivity contribution in [2.24, 2.45) is 11.7 Å². The first-order valence-corrected chi connectivity index (χ1v) is 15.3. The monoisotopic (exact) mass is 587 g/mol. The van der Waals surface area contributed by atoms with Crippen LogP contribution in [0.25, 0.3) is 11.3 Å². The molecule has 2 heterocycles. The average molecular weight is 588 g/mol. The minimum absolute atomic E-state index is 0.0330. The number of aromatic nitrogens is 1. The average Bonchev–Trinajstić information content (AvgIpc) is 3.30. The molecule has 2 aromatic rings. The molecule has 3 rings (SSSR count). The largest absolute Gasteiger partial charge is 0.492 e. The lowest BCUT2D eigenvalue weighted by Gasteiger charge is -2.31. The molecule has 3 N–H and O–H groups in total. The Morgan fingerprint density at radius 3 is 2.50 bits per heavy atom. The molecule has 2 amide bonds. The van der Waals surface area contributed by atoms with Crippen molar-refractivity contribution in [3.63, 3.8) is 0 Å². The van der Waals surface area contributed by atoms with Gasteiger partial charge in [-0.3, -0.25) is 14.6 Å². The number of carbonyl (C=O) groups excluding carboxylic acids is 2. The van der Waals surface area contributed by atoms with E-state index < -0.39 is 34.9 Å². The number of pyridine rings is 1. The second kappa shape index (κ2) is 14.9. The second-order valence-electron chi connectivity index (χ2n) is 11.9. The lowest BCUT2D eigenvalue weighted by atomic mass is 9.91. The second-order valence-corrected chi connectivity index (χ2v) is 11.9. The van der Waals surface area contributed by atoms with E-state index in [2.05, 4.69) is 11.9 Å². The molecular weight excluding hydrogens is 540 g/mol. The molecule has 1 aliphatic heterocycles. The highest BCUT2D eigenvalue weighted by Crippen LogP contribution is 2.32. The number of nitrogens with two attached hydrogens (primary N) is 1. The lowest BCUT2D eigenvalue weighted by molar-refractivity contribution is -0.126. The first kappa shape index (κ1) is 33.4. The van der Waals surface area contributed by atoms with Gasteiger partial charge in [-0.1, -0.05) is 46.5 Å². The molecule has 0 bridgehead atoms. The van der Waals surface area contributed by atoms with Crippen molar-refractivity contribution in [2.75, 3.05) is 13.2 Å². The SMILES string of the molecule is CCCC(CCCCCC(F)(CC)CC)COc1ccc(-c2ccc(C(=O)N3CC(O)CC3(C)C(N)=O)cc2F)nc1. The quantitative estimate of drug-likeness (QED) is 0.215. The number of unbranched alkanes of at least 4 members (excludes halogenated alkanes) is 2. The van der Waals surface area contributed by atoms with E-state index in [1.54, 1.807) is 18.3 Å². The third-order valence-corrected chi connectivity index (χ3v) is 8.81. The summed E-state index contributed by atoms with van der Waals surface area (Å²) in [6.07, 6.45) is 8.60. The van der Waals surface area contributed by atoms with Crippen LogP contribution in [0.15, 0.2) is 36.5 Å². The molecule has 0 saturated carbocycles. The molecule has 1 aromatic carbocycles. The molecule has 7 nitrogen and oxygen atoms in total. The Balaban J connectivity index is 1.57. The molecule has 1 aliphatic rings. The smallest absolute Gasteiger partial charge is 0.254 e. The summed E-state index contributed by atoms with van der Waals surface area (Å²) in [6.45, 7) is 8.00. The van der Waals surface area contributed by atoms with Gasteiger partial charge in [0.05, 0.1) is 24.6 Å². The van der Waals surface area contributed by atoms with Crippen molar-refractivity contribution in [3.05, 3.63) is 47.9 Å². The number of likely N-dealkylation sites (tertiary alicyclic amines) is 1. The fraction of sp³-hybridized carbons (Fsp3) is 0.606. The Hall–Kier alpha value is -3.07. The first-order valence-electron chi connectivity index (χ1n) is 15.3. The number of carbonyl (C=O) groups is 2. The van der Waals surface area contributed by atoms with Crippen molar-refractivity contribution in [1.29, 1.82) is 0 Å². The van der Waals surface area contributed by atoms with Crippen LogP contribution in [0, 0.1) is 11.7 Å². The van der Waals surface area contributed by atoms with Crippen LogP contribution < -0.4 is 10.5 Å². The molecule has 0 aliphatic carbocycles. The summed E-state index contributed by atoms with van der Waals surface area (Å²) in [4.78, 5) is 30.7. The summed E-state index contributed by atoms with van der Waals surface area (Å²) in [5, 5.41) is 10.0. The molecule has 1 fully saturated rings. The van der Waals surface area contributed by atoms with Gasteiger partial charge in [0, 0.05) is 24.1 Å². The summed E-state index contributed by atoms with van der Waals surface area (Å²) >= 11 is 0. The highest BCUT2D eigenvalue weighted by Gasteiger charge is 2.48. The predicted octanol–water partition coefficient (Wildman–Crippen LogP) is 6.61. The van der Waals surface area contributed by atoms with E-state index in [1.807, 2.05) is 13.8 Å². The van der Waals surface area contributed by atoms with Gasteiger partial charge < -0.3 is 20.5 Å². The zero-order chi connectivity index (χ0) is 30.9. The summed E-state index contributed by atoms with van der Waals surface area (Å²) in [5.74, 6) is -0.931. The molecule has 0 radical (unpaired) electrons. The summed E-state index contributed by atoms with van der Waals surface area (Å²) in [6, 6.07) is 7.50. The number of alkyl halides is 1. The van der Waals surface area contributed by atoms with Crippen LogP contribution in [0.4, 0.5) is 8.78 Å². The maximum Gasteiger partial charge on any atom is 0.254 e. The van der Waals surface area contributed by atoms with Gasteiger partial charge in [0.25, 0.3) is 5.91 Å². The van der Waals surface area contributed by atoms with E-state index >= 15 is 4.39 Å². The number of primary amides is 1. The normalized spacial score (nSPS) is 19.6. The first-order chi connectivity index (χ1) is 20.0. The van der Waals surface area contributed by atoms with Gasteiger partial charge in [-0.15, -0.1) is 0 Å². The van der Waals surface area contributed by atoms with Crippen LogP contribution in [0.3, 0.4) is 0 Å². The number of hydrogen-bond donors (Lipinski definition) is 2. The third kappa shape index (κ3) is 8.27. The molecule has 3 atom stereocenters. The van der Waals surface area contributed by atoms with E-state index in [0.29, 0.717) is 43.2 Å². The topological polar surface area (TPSA) is 106 Å². The number of hydrogen-bond acceptors (Lipinski definition) is 5. The maximum absolute atomic E-state index is 15.1. The van der Waals surface area contributed by atoms with Crippen molar-refractivity contribution >= 4 is 11.8 Å². The van der Waals surface area contributed by atoms with E-state index in [-0.39, 0.29) is 24.1 Å². The Kier molecular flexibility index (Phi) is 11.9. The number of rotatable bonds is 16. The molecule has 3 unspecified atom stereocenters. The fourth-order valence-electron chi connectivity index (χ4n) is 5.81. The number of benzene rings is 1. The number of β-amino-alcohol motifs (C(OH)–C–C–N with tert-alkyl or cyclic N) is 1. The summed E-state index contributed by atoms with van der Waals surface area (Å²) < 4.78 is 35.7. The van der Waals surface area contributed by atoms with Gasteiger partial charge in [-0.25, -0.2) is 8.78 Å². The number of nitrogens with zero attached hydrogens (tertiary/aromatic N) is 2. The van der Waals surface area contributed by atoms with Crippen LogP contribution in [-0.4, -0.2) is 57.3 Å². The molecule has 0 spiro atoms. The highest BCUT2D eigenvalue weighted by molar-refractivity contribution is 5.99. The van der Waals surface area contributed by atoms with Crippen molar-refractivity contribution < 1.29 is 28.2 Å². The Labute approximate surface area is 248 Å². The molecule has 232 valence electrons. The fourth-order valence-corrected chi connectivity index (χ4v) is 5.81. The number of amides is 2. The maximum atomic E-state index is 15.1. The van der Waals surface area contributed by atoms with Crippen LogP contribution in [0.1, 0.15) is 102 Å². The van der Waals surface area contributed by atoms with Gasteiger partial charge in [-0.05, 0) is 75.3 Å². The Bertz CT molecular complexity index is 1190. The number of ether oxygens (including phenoxy) is 1. The van der Waals surface area contributed by atoms with E-state index in [9.17, 15) is 19.1 Å². The standard InChI is InChI=1S/C33H47F2N3O4/c1-5-11-23(12-9-8-10-17-33(35,6-2)7-3)22-42-26-14-16-29(37-20-26)27-15-13-24(18-28(27)34)30(40)38-21-25(39)19-32(38,4)31(36)41/h13-16,18,20,23,25,39H,5-12,17,19,21-22H2,1-4H3,(H2,36,41). The molecule has 42 heavy (non-hydrogen) atoms. The number of aliphatic hydroxyl groups excluding tert-OH is 1. The lowest BCUT2D eigenvalue weighted by Crippen LogP contribution is -2.53. The minimum atomic E-state index is -1.34. The molecule has 1 aromatic heterocycles. The zero-order valence-electron chi connectivity index (χ0n) is 25.5. The van der Waals surface area contributed by atoms with Crippen LogP contribution >= 0.6 is 0 Å². The minimum Gasteiger partial charge on any atom is -0.492 e. The molecule has 9 heteroatoms. The molecule has 1 saturated heterocycles. The van der Waals surface area contributed by atoms with Crippen molar-refractivity contribution in [1.82, 2.24) is 9.88 Å². The third-order valence-electron chi connectivity index (χ3n) is 8.81. The van der Waals surface area contributed by atoms with Gasteiger partial charge in [0.2, 0.25) is 5.91 Å². The van der Waals surface area contributed by atoms with Crippen molar-refractivity contribution in [2.45, 2.75) is 109 Å². The van der Waals surface area contributed by atoms with Crippen molar-refractivity contribution in [3.8, 4) is 17.0 Å². The highest BCUT2D eigenvalue weighted by atomic mass is 19.1. The predicted molar refractivity (Wildman–Crippen MR) is 160 cm³/mol. The van der Waals surface area contributed by atoms with Crippen LogP contribution in [0.5, 0.6) is 5.75 Å². The van der Waals surface area contributed by atoms with Crippen LogP contribution in [-0.2, 0) is 4.79 Å².